The van der Waals surface area contributed by atoms with Crippen LogP contribution in [0.2, 0.25) is 0 Å². The molecule has 1 aromatic heterocycles. The Kier molecular flexibility index (Phi) is 2.52. The standard InChI is InChI=1S/C8H8N4O2S2/c9-5-1-3-6(4-2-5)16(13,14)8-12-11-7(10)15-8/h1-4H,9H2,(H2,10,11). The maximum Gasteiger partial charge on any atom is 0.239 e. The molecule has 1 heterocycles. The van der Waals surface area contributed by atoms with Gasteiger partial charge in [-0.1, -0.05) is 11.3 Å². The molecule has 84 valence electrons. The second-order valence-corrected chi connectivity index (χ2v) is 6.11. The lowest BCUT2D eigenvalue weighted by Crippen LogP contribution is -2.01. The number of rotatable bonds is 2. The second kappa shape index (κ2) is 3.72. The van der Waals surface area contributed by atoms with Gasteiger partial charge in [0.15, 0.2) is 0 Å². The third kappa shape index (κ3) is 1.84. The maximum absolute atomic E-state index is 12.0. The quantitative estimate of drug-likeness (QED) is 0.758. The molecule has 0 radical (unpaired) electrons. The number of sulfone groups is 1. The SMILES string of the molecule is Nc1ccc(S(=O)(=O)c2nnc(N)s2)cc1. The van der Waals surface area contributed by atoms with Gasteiger partial charge in [0.1, 0.15) is 0 Å². The zero-order chi connectivity index (χ0) is 11.8. The van der Waals surface area contributed by atoms with Gasteiger partial charge in [0, 0.05) is 5.69 Å². The van der Waals surface area contributed by atoms with E-state index in [2.05, 4.69) is 10.2 Å². The summed E-state index contributed by atoms with van der Waals surface area (Å²) in [7, 11) is -3.63. The zero-order valence-electron chi connectivity index (χ0n) is 7.99. The molecule has 1 aromatic carbocycles. The first-order valence-electron chi connectivity index (χ1n) is 4.20. The summed E-state index contributed by atoms with van der Waals surface area (Å²) < 4.78 is 23.8. The second-order valence-electron chi connectivity index (χ2n) is 2.98. The fourth-order valence-electron chi connectivity index (χ4n) is 1.08. The number of nitrogen functional groups attached to an aromatic ring is 2. The number of nitrogens with zero attached hydrogens (tertiary/aromatic N) is 2. The average molecular weight is 256 g/mol. The average Bonchev–Trinajstić information content (AvgIpc) is 2.66. The lowest BCUT2D eigenvalue weighted by atomic mass is 10.3. The van der Waals surface area contributed by atoms with E-state index in [1.807, 2.05) is 0 Å². The molecule has 0 unspecified atom stereocenters. The molecular weight excluding hydrogens is 248 g/mol. The Morgan fingerprint density at radius 1 is 1.06 bits per heavy atom. The van der Waals surface area contributed by atoms with E-state index < -0.39 is 9.84 Å². The van der Waals surface area contributed by atoms with Gasteiger partial charge in [0.05, 0.1) is 4.90 Å². The minimum absolute atomic E-state index is 0.116. The van der Waals surface area contributed by atoms with Crippen LogP contribution >= 0.6 is 11.3 Å². The first-order chi connectivity index (χ1) is 7.50. The van der Waals surface area contributed by atoms with Crippen molar-refractivity contribution in [2.45, 2.75) is 9.24 Å². The summed E-state index contributed by atoms with van der Waals surface area (Å²) in [6.07, 6.45) is 0. The van der Waals surface area contributed by atoms with Crippen LogP contribution in [0.4, 0.5) is 10.8 Å². The fraction of sp³-hybridized carbons (Fsp3) is 0. The van der Waals surface area contributed by atoms with Crippen molar-refractivity contribution in [1.29, 1.82) is 0 Å². The van der Waals surface area contributed by atoms with E-state index in [1.165, 1.54) is 24.3 Å². The molecule has 0 atom stereocenters. The molecule has 2 aromatic rings. The number of aromatic nitrogens is 2. The van der Waals surface area contributed by atoms with Gasteiger partial charge in [-0.25, -0.2) is 8.42 Å². The van der Waals surface area contributed by atoms with Crippen molar-refractivity contribution in [2.24, 2.45) is 0 Å². The van der Waals surface area contributed by atoms with Crippen molar-refractivity contribution >= 4 is 32.0 Å². The van der Waals surface area contributed by atoms with E-state index >= 15 is 0 Å². The monoisotopic (exact) mass is 256 g/mol. The molecular formula is C8H8N4O2S2. The van der Waals surface area contributed by atoms with Crippen molar-refractivity contribution in [3.05, 3.63) is 24.3 Å². The summed E-state index contributed by atoms with van der Waals surface area (Å²) in [6, 6.07) is 5.86. The number of hydrogen-bond donors (Lipinski definition) is 2. The highest BCUT2D eigenvalue weighted by Gasteiger charge is 2.22. The van der Waals surface area contributed by atoms with Gasteiger partial charge in [-0.15, -0.1) is 10.2 Å². The van der Waals surface area contributed by atoms with Crippen molar-refractivity contribution < 1.29 is 8.42 Å². The molecule has 0 aliphatic carbocycles. The van der Waals surface area contributed by atoms with Crippen LogP contribution in [0, 0.1) is 0 Å². The molecule has 8 heteroatoms. The first-order valence-corrected chi connectivity index (χ1v) is 6.50. The van der Waals surface area contributed by atoms with Gasteiger partial charge in [-0.3, -0.25) is 0 Å². The highest BCUT2D eigenvalue weighted by atomic mass is 32.2. The van der Waals surface area contributed by atoms with E-state index in [1.54, 1.807) is 0 Å². The molecule has 0 fully saturated rings. The van der Waals surface area contributed by atoms with Gasteiger partial charge in [0.25, 0.3) is 0 Å². The van der Waals surface area contributed by atoms with Crippen LogP contribution in [-0.4, -0.2) is 18.6 Å². The van der Waals surface area contributed by atoms with Crippen molar-refractivity contribution in [1.82, 2.24) is 10.2 Å². The number of hydrogen-bond acceptors (Lipinski definition) is 7. The third-order valence-electron chi connectivity index (χ3n) is 1.84. The molecule has 0 aliphatic rings. The normalized spacial score (nSPS) is 11.5. The molecule has 0 saturated heterocycles. The molecule has 2 rings (SSSR count). The Morgan fingerprint density at radius 3 is 2.19 bits per heavy atom. The Balaban J connectivity index is 2.51. The zero-order valence-corrected chi connectivity index (χ0v) is 9.62. The third-order valence-corrected chi connectivity index (χ3v) is 4.73. The molecule has 6 nitrogen and oxygen atoms in total. The van der Waals surface area contributed by atoms with E-state index in [4.69, 9.17) is 11.5 Å². The number of nitrogens with two attached hydrogens (primary N) is 2. The van der Waals surface area contributed by atoms with Crippen LogP contribution in [-0.2, 0) is 9.84 Å². The predicted octanol–water partition coefficient (Wildman–Crippen LogP) is 0.535. The molecule has 0 saturated carbocycles. The van der Waals surface area contributed by atoms with E-state index in [0.29, 0.717) is 5.69 Å². The molecule has 0 aliphatic heterocycles. The minimum Gasteiger partial charge on any atom is -0.399 e. The summed E-state index contributed by atoms with van der Waals surface area (Å²) in [4.78, 5) is 0.123. The molecule has 4 N–H and O–H groups in total. The van der Waals surface area contributed by atoms with Crippen LogP contribution < -0.4 is 11.5 Å². The van der Waals surface area contributed by atoms with Gasteiger partial charge in [0.2, 0.25) is 19.3 Å². The fourth-order valence-corrected chi connectivity index (χ4v) is 3.25. The largest absolute Gasteiger partial charge is 0.399 e. The van der Waals surface area contributed by atoms with Crippen molar-refractivity contribution in [3.63, 3.8) is 0 Å². The van der Waals surface area contributed by atoms with E-state index in [9.17, 15) is 8.42 Å². The Morgan fingerprint density at radius 2 is 1.69 bits per heavy atom. The molecule has 0 bridgehead atoms. The molecule has 0 amide bonds. The first kappa shape index (κ1) is 10.8. The topological polar surface area (TPSA) is 112 Å². The van der Waals surface area contributed by atoms with Crippen molar-refractivity contribution in [3.8, 4) is 0 Å². The Labute approximate surface area is 95.8 Å². The lowest BCUT2D eigenvalue weighted by Gasteiger charge is -1.99. The Bertz CT molecular complexity index is 603. The van der Waals surface area contributed by atoms with Crippen LogP contribution in [0.15, 0.2) is 33.5 Å². The molecule has 16 heavy (non-hydrogen) atoms. The summed E-state index contributed by atoms with van der Waals surface area (Å²) in [5.74, 6) is 0. The van der Waals surface area contributed by atoms with Gasteiger partial charge in [-0.05, 0) is 24.3 Å². The van der Waals surface area contributed by atoms with Crippen LogP contribution in [0.5, 0.6) is 0 Å². The lowest BCUT2D eigenvalue weighted by molar-refractivity contribution is 0.594. The van der Waals surface area contributed by atoms with E-state index in [0.717, 1.165) is 11.3 Å². The van der Waals surface area contributed by atoms with E-state index in [-0.39, 0.29) is 14.4 Å². The predicted molar refractivity (Wildman–Crippen MR) is 60.6 cm³/mol. The summed E-state index contributed by atoms with van der Waals surface area (Å²) in [5, 5.41) is 7.10. The minimum atomic E-state index is -3.63. The Hall–Kier alpha value is -1.67. The highest BCUT2D eigenvalue weighted by molar-refractivity contribution is 7.93. The van der Waals surface area contributed by atoms with Crippen molar-refractivity contribution in [2.75, 3.05) is 11.5 Å². The smallest absolute Gasteiger partial charge is 0.239 e. The highest BCUT2D eigenvalue weighted by Crippen LogP contribution is 2.25. The summed E-state index contributed by atoms with van der Waals surface area (Å²) >= 11 is 0.830. The maximum atomic E-state index is 12.0. The number of benzene rings is 1. The van der Waals surface area contributed by atoms with Crippen LogP contribution in [0.25, 0.3) is 0 Å². The molecule has 0 spiro atoms. The van der Waals surface area contributed by atoms with Crippen LogP contribution in [0.3, 0.4) is 0 Å². The van der Waals surface area contributed by atoms with Gasteiger partial charge in [-0.2, -0.15) is 0 Å². The van der Waals surface area contributed by atoms with Crippen LogP contribution in [0.1, 0.15) is 0 Å². The van der Waals surface area contributed by atoms with Gasteiger partial charge >= 0.3 is 0 Å². The van der Waals surface area contributed by atoms with Gasteiger partial charge < -0.3 is 11.5 Å². The number of anilines is 2. The summed E-state index contributed by atoms with van der Waals surface area (Å²) in [5.41, 5.74) is 11.3. The summed E-state index contributed by atoms with van der Waals surface area (Å²) in [6.45, 7) is 0.